The molecule has 2 unspecified atom stereocenters. The molecule has 0 saturated carbocycles. The van der Waals surface area contributed by atoms with Gasteiger partial charge in [0.25, 0.3) is 0 Å². The van der Waals surface area contributed by atoms with E-state index in [1.54, 1.807) is 21.3 Å². The summed E-state index contributed by atoms with van der Waals surface area (Å²) in [6.07, 6.45) is 0.293. The van der Waals surface area contributed by atoms with Crippen LogP contribution in [0.15, 0.2) is 0 Å². The number of ether oxygens (including phenoxy) is 2. The van der Waals surface area contributed by atoms with Crippen molar-refractivity contribution in [3.8, 4) is 0 Å². The molecule has 15 heavy (non-hydrogen) atoms. The van der Waals surface area contributed by atoms with E-state index in [4.69, 9.17) is 22.8 Å². The van der Waals surface area contributed by atoms with Crippen molar-refractivity contribution in [1.82, 2.24) is 0 Å². The average Bonchev–Trinajstić information content (AvgIpc) is 3.05. The minimum absolute atomic E-state index is 0.122. The van der Waals surface area contributed by atoms with Crippen LogP contribution in [-0.2, 0) is 22.8 Å². The Hall–Kier alpha value is 0.0169. The summed E-state index contributed by atoms with van der Waals surface area (Å²) in [7, 11) is 2.29. The Morgan fingerprint density at radius 1 is 1.27 bits per heavy atom. The SMILES string of the molecule is CO[Si](OC)(OC)C(C)COCC1CO1. The molecule has 1 rings (SSSR count). The second kappa shape index (κ2) is 5.93. The lowest BCUT2D eigenvalue weighted by molar-refractivity contribution is 0.0710. The first-order chi connectivity index (χ1) is 7.18. The second-order valence-electron chi connectivity index (χ2n) is 3.61. The van der Waals surface area contributed by atoms with Gasteiger partial charge in [-0.15, -0.1) is 0 Å². The highest BCUT2D eigenvalue weighted by Gasteiger charge is 2.44. The third-order valence-electron chi connectivity index (χ3n) is 2.53. The van der Waals surface area contributed by atoms with Crippen molar-refractivity contribution >= 4 is 8.80 Å². The van der Waals surface area contributed by atoms with E-state index in [-0.39, 0.29) is 5.54 Å². The van der Waals surface area contributed by atoms with Gasteiger partial charge in [0.2, 0.25) is 0 Å². The molecular formula is C9H20O5Si. The zero-order chi connectivity index (χ0) is 11.3. The molecule has 1 aliphatic rings. The van der Waals surface area contributed by atoms with E-state index >= 15 is 0 Å². The fraction of sp³-hybridized carbons (Fsp3) is 1.00. The smallest absolute Gasteiger partial charge is 0.378 e. The third-order valence-corrected chi connectivity index (χ3v) is 5.61. The number of hydrogen-bond donors (Lipinski definition) is 0. The lowest BCUT2D eigenvalue weighted by Crippen LogP contribution is -2.48. The Morgan fingerprint density at radius 3 is 2.20 bits per heavy atom. The summed E-state index contributed by atoms with van der Waals surface area (Å²) in [5.74, 6) is 0. The molecule has 1 saturated heterocycles. The van der Waals surface area contributed by atoms with Crippen molar-refractivity contribution in [3.05, 3.63) is 0 Å². The fourth-order valence-electron chi connectivity index (χ4n) is 1.50. The molecule has 1 heterocycles. The molecule has 0 aromatic carbocycles. The molecule has 0 radical (unpaired) electrons. The van der Waals surface area contributed by atoms with Gasteiger partial charge in [-0.25, -0.2) is 0 Å². The summed E-state index contributed by atoms with van der Waals surface area (Å²) in [4.78, 5) is 0. The first-order valence-electron chi connectivity index (χ1n) is 5.03. The van der Waals surface area contributed by atoms with E-state index in [2.05, 4.69) is 0 Å². The van der Waals surface area contributed by atoms with E-state index in [1.807, 2.05) is 6.92 Å². The van der Waals surface area contributed by atoms with Crippen LogP contribution in [0.4, 0.5) is 0 Å². The van der Waals surface area contributed by atoms with Gasteiger partial charge in [-0.05, 0) is 0 Å². The van der Waals surface area contributed by atoms with E-state index in [0.717, 1.165) is 6.61 Å². The highest BCUT2D eigenvalue weighted by Crippen LogP contribution is 2.24. The van der Waals surface area contributed by atoms with Gasteiger partial charge >= 0.3 is 8.80 Å². The molecule has 0 bridgehead atoms. The van der Waals surface area contributed by atoms with Crippen molar-refractivity contribution in [2.75, 3.05) is 41.2 Å². The van der Waals surface area contributed by atoms with Crippen molar-refractivity contribution < 1.29 is 22.8 Å². The van der Waals surface area contributed by atoms with Gasteiger partial charge in [0.15, 0.2) is 0 Å². The van der Waals surface area contributed by atoms with Crippen LogP contribution in [0.25, 0.3) is 0 Å². The molecule has 5 nitrogen and oxygen atoms in total. The molecule has 0 aromatic heterocycles. The number of epoxide rings is 1. The van der Waals surface area contributed by atoms with Gasteiger partial charge in [0.1, 0.15) is 6.10 Å². The Bertz CT molecular complexity index is 173. The maximum absolute atomic E-state index is 5.50. The van der Waals surface area contributed by atoms with Crippen molar-refractivity contribution in [3.63, 3.8) is 0 Å². The topological polar surface area (TPSA) is 49.5 Å². The van der Waals surface area contributed by atoms with Crippen molar-refractivity contribution in [2.45, 2.75) is 18.6 Å². The number of rotatable bonds is 8. The van der Waals surface area contributed by atoms with Crippen molar-refractivity contribution in [2.24, 2.45) is 0 Å². The first-order valence-corrected chi connectivity index (χ1v) is 6.83. The highest BCUT2D eigenvalue weighted by molar-refractivity contribution is 6.62. The van der Waals surface area contributed by atoms with Crippen LogP contribution in [0.5, 0.6) is 0 Å². The van der Waals surface area contributed by atoms with Crippen LogP contribution in [-0.4, -0.2) is 56.1 Å². The predicted molar refractivity (Wildman–Crippen MR) is 56.8 cm³/mol. The lowest BCUT2D eigenvalue weighted by Gasteiger charge is -2.29. The van der Waals surface area contributed by atoms with Gasteiger partial charge in [0, 0.05) is 26.9 Å². The quantitative estimate of drug-likeness (QED) is 0.458. The fourth-order valence-corrected chi connectivity index (χ4v) is 3.53. The Morgan fingerprint density at radius 2 is 1.80 bits per heavy atom. The summed E-state index contributed by atoms with van der Waals surface area (Å²) in [5.41, 5.74) is 0.122. The summed E-state index contributed by atoms with van der Waals surface area (Å²) >= 11 is 0. The molecule has 0 aliphatic carbocycles. The average molecular weight is 236 g/mol. The minimum atomic E-state index is -2.54. The summed E-state index contributed by atoms with van der Waals surface area (Å²) in [6, 6.07) is 0. The van der Waals surface area contributed by atoms with Crippen LogP contribution in [0.1, 0.15) is 6.92 Å². The third kappa shape index (κ3) is 3.51. The minimum Gasteiger partial charge on any atom is -0.378 e. The summed E-state index contributed by atoms with van der Waals surface area (Å²) < 4.78 is 26.6. The van der Waals surface area contributed by atoms with E-state index in [0.29, 0.717) is 19.3 Å². The van der Waals surface area contributed by atoms with Gasteiger partial charge < -0.3 is 22.8 Å². The van der Waals surface area contributed by atoms with Crippen LogP contribution < -0.4 is 0 Å². The van der Waals surface area contributed by atoms with Gasteiger partial charge in [-0.1, -0.05) is 6.92 Å². The predicted octanol–water partition coefficient (Wildman–Crippen LogP) is 0.670. The Balaban J connectivity index is 2.29. The van der Waals surface area contributed by atoms with E-state index < -0.39 is 8.80 Å². The molecule has 0 spiro atoms. The van der Waals surface area contributed by atoms with Crippen LogP contribution >= 0.6 is 0 Å². The van der Waals surface area contributed by atoms with Crippen LogP contribution in [0, 0.1) is 0 Å². The largest absolute Gasteiger partial charge is 0.505 e. The summed E-state index contributed by atoms with van der Waals surface area (Å²) in [6.45, 7) is 4.04. The summed E-state index contributed by atoms with van der Waals surface area (Å²) in [5, 5.41) is 0. The zero-order valence-corrected chi connectivity index (χ0v) is 10.8. The van der Waals surface area contributed by atoms with Crippen LogP contribution in [0.2, 0.25) is 5.54 Å². The Labute approximate surface area is 92.0 Å². The number of hydrogen-bond acceptors (Lipinski definition) is 5. The normalized spacial score (nSPS) is 22.8. The first kappa shape index (κ1) is 13.1. The molecule has 90 valence electrons. The molecule has 2 atom stereocenters. The molecule has 0 N–H and O–H groups in total. The molecular weight excluding hydrogens is 216 g/mol. The Kier molecular flexibility index (Phi) is 5.17. The monoisotopic (exact) mass is 236 g/mol. The second-order valence-corrected chi connectivity index (χ2v) is 7.03. The van der Waals surface area contributed by atoms with Gasteiger partial charge in [0.05, 0.1) is 19.8 Å². The van der Waals surface area contributed by atoms with E-state index in [1.165, 1.54) is 0 Å². The van der Waals surface area contributed by atoms with Gasteiger partial charge in [-0.2, -0.15) is 0 Å². The molecule has 6 heteroatoms. The zero-order valence-electron chi connectivity index (χ0n) is 9.82. The van der Waals surface area contributed by atoms with Crippen molar-refractivity contribution in [1.29, 1.82) is 0 Å². The molecule has 1 fully saturated rings. The lowest BCUT2D eigenvalue weighted by atomic mass is 10.5. The molecule has 0 aromatic rings. The van der Waals surface area contributed by atoms with Gasteiger partial charge in [-0.3, -0.25) is 0 Å². The maximum Gasteiger partial charge on any atom is 0.505 e. The standard InChI is InChI=1S/C9H20O5Si/c1-8(5-13-6-9-7-14-9)15(10-2,11-3)12-4/h8-9H,5-7H2,1-4H3. The maximum atomic E-state index is 5.50. The van der Waals surface area contributed by atoms with Crippen LogP contribution in [0.3, 0.4) is 0 Å². The molecule has 0 amide bonds. The highest BCUT2D eigenvalue weighted by atomic mass is 28.4. The van der Waals surface area contributed by atoms with E-state index in [9.17, 15) is 0 Å². The molecule has 1 aliphatic heterocycles.